The molecule has 0 amide bonds. The Morgan fingerprint density at radius 3 is 2.29 bits per heavy atom. The average molecular weight is 252 g/mol. The molecule has 0 saturated carbocycles. The van der Waals surface area contributed by atoms with Crippen molar-refractivity contribution in [3.8, 4) is 0 Å². The molecule has 1 aromatic carbocycles. The van der Waals surface area contributed by atoms with Crippen LogP contribution < -0.4 is 0 Å². The molecule has 0 aliphatic carbocycles. The lowest BCUT2D eigenvalue weighted by Gasteiger charge is -2.25. The molecular weight excluding hydrogens is 234 g/mol. The van der Waals surface area contributed by atoms with Crippen molar-refractivity contribution >= 4 is 17.7 Å². The number of halogens is 1. The zero-order valence-electron chi connectivity index (χ0n) is 10.4. The summed E-state index contributed by atoms with van der Waals surface area (Å²) in [5.74, 6) is 0. The van der Waals surface area contributed by atoms with E-state index >= 15 is 0 Å². The van der Waals surface area contributed by atoms with Gasteiger partial charge in [0.1, 0.15) is 0 Å². The first kappa shape index (κ1) is 14.0. The first-order chi connectivity index (χ1) is 8.15. The van der Waals surface area contributed by atoms with Crippen LogP contribution in [0.25, 0.3) is 0 Å². The molecule has 0 bridgehead atoms. The molecule has 2 nitrogen and oxygen atoms in total. The standard InChI is InChI=1S/C14H18ClNO/c1-3-14(4-2,16-11-17)10-9-12-5-7-13(15)8-6-12/h5-8H,3-4,9-10H2,1-2H3. The lowest BCUT2D eigenvalue weighted by molar-refractivity contribution is 0.368. The summed E-state index contributed by atoms with van der Waals surface area (Å²) in [7, 11) is 0. The fourth-order valence-corrected chi connectivity index (χ4v) is 2.07. The van der Waals surface area contributed by atoms with Crippen LogP contribution in [0, 0.1) is 0 Å². The number of aliphatic imine (C=N–C) groups is 1. The first-order valence-electron chi connectivity index (χ1n) is 5.99. The van der Waals surface area contributed by atoms with Crippen LogP contribution >= 0.6 is 11.6 Å². The van der Waals surface area contributed by atoms with E-state index in [9.17, 15) is 4.79 Å². The molecule has 3 heteroatoms. The summed E-state index contributed by atoms with van der Waals surface area (Å²) in [5, 5.41) is 0.747. The van der Waals surface area contributed by atoms with Gasteiger partial charge >= 0.3 is 0 Å². The van der Waals surface area contributed by atoms with Gasteiger partial charge in [0.15, 0.2) is 0 Å². The predicted molar refractivity (Wildman–Crippen MR) is 71.2 cm³/mol. The molecule has 0 unspecified atom stereocenters. The van der Waals surface area contributed by atoms with Crippen LogP contribution in [-0.2, 0) is 11.2 Å². The van der Waals surface area contributed by atoms with Crippen LogP contribution in [0.3, 0.4) is 0 Å². The third-order valence-corrected chi connectivity index (χ3v) is 3.64. The highest BCUT2D eigenvalue weighted by molar-refractivity contribution is 6.30. The number of rotatable bonds is 6. The van der Waals surface area contributed by atoms with Crippen molar-refractivity contribution in [2.75, 3.05) is 0 Å². The number of carbonyl (C=O) groups excluding carboxylic acids is 1. The normalized spacial score (nSPS) is 11.0. The third kappa shape index (κ3) is 3.99. The van der Waals surface area contributed by atoms with Crippen LogP contribution in [0.5, 0.6) is 0 Å². The van der Waals surface area contributed by atoms with Gasteiger partial charge in [-0.05, 0) is 43.4 Å². The monoisotopic (exact) mass is 251 g/mol. The molecule has 0 radical (unpaired) electrons. The summed E-state index contributed by atoms with van der Waals surface area (Å²) in [6, 6.07) is 7.81. The lowest BCUT2D eigenvalue weighted by Crippen LogP contribution is -2.25. The van der Waals surface area contributed by atoms with Gasteiger partial charge in [0.2, 0.25) is 6.08 Å². The van der Waals surface area contributed by atoms with Gasteiger partial charge < -0.3 is 0 Å². The highest BCUT2D eigenvalue weighted by Crippen LogP contribution is 2.26. The Labute approximate surface area is 108 Å². The Hall–Kier alpha value is -1.11. The van der Waals surface area contributed by atoms with E-state index in [-0.39, 0.29) is 5.54 Å². The second kappa shape index (κ2) is 6.58. The highest BCUT2D eigenvalue weighted by atomic mass is 35.5. The van der Waals surface area contributed by atoms with Gasteiger partial charge in [-0.15, -0.1) is 0 Å². The quantitative estimate of drug-likeness (QED) is 0.551. The Morgan fingerprint density at radius 2 is 1.82 bits per heavy atom. The summed E-state index contributed by atoms with van der Waals surface area (Å²) in [4.78, 5) is 14.5. The predicted octanol–water partition coefficient (Wildman–Crippen LogP) is 4.17. The molecular formula is C14H18ClNO. The van der Waals surface area contributed by atoms with Crippen LogP contribution in [0.1, 0.15) is 38.7 Å². The molecule has 17 heavy (non-hydrogen) atoms. The van der Waals surface area contributed by atoms with Crippen LogP contribution in [-0.4, -0.2) is 11.6 Å². The number of benzene rings is 1. The zero-order chi connectivity index (χ0) is 12.7. The number of hydrogen-bond acceptors (Lipinski definition) is 2. The molecule has 0 atom stereocenters. The van der Waals surface area contributed by atoms with Crippen LogP contribution in [0.15, 0.2) is 29.3 Å². The fourth-order valence-electron chi connectivity index (χ4n) is 1.94. The molecule has 0 aliphatic rings. The molecule has 0 aromatic heterocycles. The van der Waals surface area contributed by atoms with Crippen molar-refractivity contribution in [1.29, 1.82) is 0 Å². The van der Waals surface area contributed by atoms with E-state index in [0.29, 0.717) is 0 Å². The zero-order valence-corrected chi connectivity index (χ0v) is 11.1. The molecule has 0 saturated heterocycles. The second-order valence-electron chi connectivity index (χ2n) is 4.26. The van der Waals surface area contributed by atoms with Gasteiger partial charge in [-0.1, -0.05) is 37.6 Å². The maximum absolute atomic E-state index is 10.5. The summed E-state index contributed by atoms with van der Waals surface area (Å²) in [6.07, 6.45) is 5.22. The molecule has 1 aromatic rings. The first-order valence-corrected chi connectivity index (χ1v) is 6.37. The fraction of sp³-hybridized carbons (Fsp3) is 0.500. The molecule has 0 aliphatic heterocycles. The number of isocyanates is 1. The van der Waals surface area contributed by atoms with Crippen molar-refractivity contribution in [2.45, 2.75) is 45.1 Å². The molecule has 0 spiro atoms. The lowest BCUT2D eigenvalue weighted by atomic mass is 9.87. The van der Waals surface area contributed by atoms with E-state index in [4.69, 9.17) is 11.6 Å². The third-order valence-electron chi connectivity index (χ3n) is 3.39. The molecule has 0 N–H and O–H groups in total. The minimum atomic E-state index is -0.249. The van der Waals surface area contributed by atoms with Crippen LogP contribution in [0.2, 0.25) is 5.02 Å². The summed E-state index contributed by atoms with van der Waals surface area (Å²) < 4.78 is 0. The van der Waals surface area contributed by atoms with E-state index in [2.05, 4.69) is 18.8 Å². The average Bonchev–Trinajstić information content (AvgIpc) is 2.36. The topological polar surface area (TPSA) is 29.4 Å². The summed E-state index contributed by atoms with van der Waals surface area (Å²) >= 11 is 5.84. The van der Waals surface area contributed by atoms with E-state index in [1.165, 1.54) is 5.56 Å². The Bertz CT molecular complexity index is 389. The van der Waals surface area contributed by atoms with Gasteiger partial charge in [-0.2, -0.15) is 4.99 Å². The number of nitrogens with zero attached hydrogens (tertiary/aromatic N) is 1. The van der Waals surface area contributed by atoms with E-state index in [1.54, 1.807) is 6.08 Å². The maximum atomic E-state index is 10.5. The maximum Gasteiger partial charge on any atom is 0.235 e. The van der Waals surface area contributed by atoms with Crippen molar-refractivity contribution in [1.82, 2.24) is 0 Å². The van der Waals surface area contributed by atoms with Crippen molar-refractivity contribution in [3.63, 3.8) is 0 Å². The molecule has 92 valence electrons. The van der Waals surface area contributed by atoms with Gasteiger partial charge in [-0.3, -0.25) is 0 Å². The van der Waals surface area contributed by atoms with Crippen LogP contribution in [0.4, 0.5) is 0 Å². The highest BCUT2D eigenvalue weighted by Gasteiger charge is 2.24. The minimum Gasteiger partial charge on any atom is -0.211 e. The van der Waals surface area contributed by atoms with Crippen molar-refractivity contribution in [2.24, 2.45) is 4.99 Å². The number of aryl methyl sites for hydroxylation is 1. The largest absolute Gasteiger partial charge is 0.235 e. The number of hydrogen-bond donors (Lipinski definition) is 0. The molecule has 0 heterocycles. The van der Waals surface area contributed by atoms with E-state index < -0.39 is 0 Å². The minimum absolute atomic E-state index is 0.249. The Morgan fingerprint density at radius 1 is 1.24 bits per heavy atom. The van der Waals surface area contributed by atoms with Crippen molar-refractivity contribution in [3.05, 3.63) is 34.9 Å². The van der Waals surface area contributed by atoms with Gasteiger partial charge in [0.05, 0.1) is 5.54 Å². The SMILES string of the molecule is CCC(CC)(CCc1ccc(Cl)cc1)N=C=O. The Kier molecular flexibility index (Phi) is 5.40. The molecule has 1 rings (SSSR count). The summed E-state index contributed by atoms with van der Waals surface area (Å²) in [6.45, 7) is 4.12. The van der Waals surface area contributed by atoms with Gasteiger partial charge in [0.25, 0.3) is 0 Å². The van der Waals surface area contributed by atoms with Gasteiger partial charge in [-0.25, -0.2) is 4.79 Å². The Balaban J connectivity index is 2.69. The summed E-state index contributed by atoms with van der Waals surface area (Å²) in [5.41, 5.74) is 0.975. The van der Waals surface area contributed by atoms with Gasteiger partial charge in [0, 0.05) is 5.02 Å². The van der Waals surface area contributed by atoms with E-state index in [0.717, 1.165) is 30.7 Å². The molecule has 0 fully saturated rings. The van der Waals surface area contributed by atoms with E-state index in [1.807, 2.05) is 24.3 Å². The smallest absolute Gasteiger partial charge is 0.211 e. The van der Waals surface area contributed by atoms with Crippen molar-refractivity contribution < 1.29 is 4.79 Å². The second-order valence-corrected chi connectivity index (χ2v) is 4.70.